The zero-order chi connectivity index (χ0) is 20.8. The van der Waals surface area contributed by atoms with Crippen LogP contribution < -0.4 is 14.5 Å². The van der Waals surface area contributed by atoms with Gasteiger partial charge in [-0.1, -0.05) is 35.4 Å². The second-order valence-electron chi connectivity index (χ2n) is 8.05. The Morgan fingerprint density at radius 2 is 1.72 bits per heavy atom. The van der Waals surface area contributed by atoms with Crippen LogP contribution in [0.4, 0.5) is 0 Å². The number of ether oxygens (including phenoxy) is 1. The van der Waals surface area contributed by atoms with Crippen molar-refractivity contribution in [1.82, 2.24) is 4.90 Å². The van der Waals surface area contributed by atoms with Crippen LogP contribution in [0, 0.1) is 6.92 Å². The Bertz CT molecular complexity index is 817. The second kappa shape index (κ2) is 10.1. The predicted molar refractivity (Wildman–Crippen MR) is 116 cm³/mol. The SMILES string of the molecule is COc1ccc(C)cc1C[NH+]1CC[NH+](CC(=O)N(C)Cc2ccc(Cl)cc2)CC1. The van der Waals surface area contributed by atoms with E-state index < -0.39 is 0 Å². The number of halogens is 1. The van der Waals surface area contributed by atoms with E-state index in [-0.39, 0.29) is 5.91 Å². The van der Waals surface area contributed by atoms with Gasteiger partial charge in [-0.25, -0.2) is 0 Å². The summed E-state index contributed by atoms with van der Waals surface area (Å²) in [6, 6.07) is 14.0. The standard InChI is InChI=1S/C23H30ClN3O2/c1-18-4-9-22(29-3)20(14-18)16-26-10-12-27(13-11-26)17-23(28)25(2)15-19-5-7-21(24)8-6-19/h4-9,14H,10-13,15-17H2,1-3H3/p+2. The summed E-state index contributed by atoms with van der Waals surface area (Å²) in [4.78, 5) is 17.4. The molecule has 1 aliphatic heterocycles. The third kappa shape index (κ3) is 6.20. The summed E-state index contributed by atoms with van der Waals surface area (Å²) in [5, 5.41) is 0.718. The van der Waals surface area contributed by atoms with E-state index in [1.807, 2.05) is 36.2 Å². The van der Waals surface area contributed by atoms with Crippen molar-refractivity contribution in [2.24, 2.45) is 0 Å². The van der Waals surface area contributed by atoms with E-state index in [1.165, 1.54) is 16.0 Å². The van der Waals surface area contributed by atoms with Gasteiger partial charge >= 0.3 is 0 Å². The van der Waals surface area contributed by atoms with E-state index >= 15 is 0 Å². The molecule has 29 heavy (non-hydrogen) atoms. The number of hydrogen-bond donors (Lipinski definition) is 2. The number of likely N-dealkylation sites (N-methyl/N-ethyl adjacent to an activating group) is 1. The number of piperazine rings is 1. The zero-order valence-electron chi connectivity index (χ0n) is 17.6. The Kier molecular flexibility index (Phi) is 7.53. The predicted octanol–water partition coefficient (Wildman–Crippen LogP) is 0.599. The summed E-state index contributed by atoms with van der Waals surface area (Å²) in [6.07, 6.45) is 0. The molecule has 0 unspecified atom stereocenters. The number of aryl methyl sites for hydroxylation is 1. The number of quaternary nitrogens is 2. The summed E-state index contributed by atoms with van der Waals surface area (Å²) in [6.45, 7) is 8.45. The Morgan fingerprint density at radius 3 is 2.38 bits per heavy atom. The summed E-state index contributed by atoms with van der Waals surface area (Å²) >= 11 is 5.93. The smallest absolute Gasteiger partial charge is 0.277 e. The molecule has 0 atom stereocenters. The first-order chi connectivity index (χ1) is 13.9. The fraction of sp³-hybridized carbons (Fsp3) is 0.435. The molecule has 0 aliphatic carbocycles. The molecule has 1 aliphatic rings. The largest absolute Gasteiger partial charge is 0.496 e. The Balaban J connectivity index is 1.46. The third-order valence-corrected chi connectivity index (χ3v) is 5.95. The van der Waals surface area contributed by atoms with Gasteiger partial charge in [-0.15, -0.1) is 0 Å². The van der Waals surface area contributed by atoms with Gasteiger partial charge in [-0.05, 0) is 36.8 Å². The van der Waals surface area contributed by atoms with Crippen molar-refractivity contribution in [2.45, 2.75) is 20.0 Å². The molecule has 0 bridgehead atoms. The van der Waals surface area contributed by atoms with Crippen molar-refractivity contribution >= 4 is 17.5 Å². The maximum absolute atomic E-state index is 12.6. The van der Waals surface area contributed by atoms with E-state index in [0.29, 0.717) is 13.1 Å². The van der Waals surface area contributed by atoms with E-state index in [1.54, 1.807) is 12.0 Å². The third-order valence-electron chi connectivity index (χ3n) is 5.70. The fourth-order valence-corrected chi connectivity index (χ4v) is 4.05. The van der Waals surface area contributed by atoms with Crippen LogP contribution in [0.25, 0.3) is 0 Å². The minimum Gasteiger partial charge on any atom is -0.496 e. The van der Waals surface area contributed by atoms with Gasteiger partial charge in [0, 0.05) is 24.2 Å². The molecule has 0 saturated carbocycles. The van der Waals surface area contributed by atoms with Gasteiger partial charge < -0.3 is 19.4 Å². The summed E-state index contributed by atoms with van der Waals surface area (Å²) in [5.74, 6) is 1.16. The molecule has 6 heteroatoms. The second-order valence-corrected chi connectivity index (χ2v) is 8.48. The molecule has 1 amide bonds. The first kappa shape index (κ1) is 21.6. The molecule has 2 aromatic rings. The van der Waals surface area contributed by atoms with Gasteiger partial charge in [0.05, 0.1) is 7.11 Å². The molecule has 1 saturated heterocycles. The van der Waals surface area contributed by atoms with Gasteiger partial charge in [-0.2, -0.15) is 0 Å². The van der Waals surface area contributed by atoms with Gasteiger partial charge in [-0.3, -0.25) is 4.79 Å². The molecule has 2 N–H and O–H groups in total. The molecule has 3 rings (SSSR count). The molecule has 2 aromatic carbocycles. The lowest BCUT2D eigenvalue weighted by molar-refractivity contribution is -1.02. The molecule has 0 spiro atoms. The lowest BCUT2D eigenvalue weighted by Gasteiger charge is -2.30. The van der Waals surface area contributed by atoms with Crippen molar-refractivity contribution in [2.75, 3.05) is 46.9 Å². The van der Waals surface area contributed by atoms with E-state index in [9.17, 15) is 4.79 Å². The Labute approximate surface area is 178 Å². The number of nitrogens with one attached hydrogen (secondary N) is 2. The molecule has 5 nitrogen and oxygen atoms in total. The topological polar surface area (TPSA) is 38.4 Å². The quantitative estimate of drug-likeness (QED) is 0.692. The summed E-state index contributed by atoms with van der Waals surface area (Å²) in [5.41, 5.74) is 3.63. The highest BCUT2D eigenvalue weighted by Crippen LogP contribution is 2.18. The molecular formula is C23H32ClN3O2+2. The number of amides is 1. The minimum atomic E-state index is 0.193. The maximum atomic E-state index is 12.6. The van der Waals surface area contributed by atoms with Gasteiger partial charge in [0.1, 0.15) is 38.5 Å². The normalized spacial score (nSPS) is 19.0. The molecule has 156 valence electrons. The van der Waals surface area contributed by atoms with Crippen LogP contribution in [-0.4, -0.2) is 57.7 Å². The number of rotatable bonds is 7. The number of benzene rings is 2. The van der Waals surface area contributed by atoms with Gasteiger partial charge in [0.15, 0.2) is 6.54 Å². The van der Waals surface area contributed by atoms with Crippen LogP contribution in [0.2, 0.25) is 5.02 Å². The Morgan fingerprint density at radius 1 is 1.07 bits per heavy atom. The first-order valence-corrected chi connectivity index (χ1v) is 10.6. The lowest BCUT2D eigenvalue weighted by Crippen LogP contribution is -3.28. The van der Waals surface area contributed by atoms with Crippen LogP contribution in [-0.2, 0) is 17.9 Å². The molecular weight excluding hydrogens is 386 g/mol. The first-order valence-electron chi connectivity index (χ1n) is 10.2. The van der Waals surface area contributed by atoms with Crippen molar-refractivity contribution in [3.63, 3.8) is 0 Å². The molecule has 1 fully saturated rings. The molecule has 0 radical (unpaired) electrons. The van der Waals surface area contributed by atoms with Crippen LogP contribution in [0.3, 0.4) is 0 Å². The number of hydrogen-bond acceptors (Lipinski definition) is 2. The van der Waals surface area contributed by atoms with Crippen LogP contribution >= 0.6 is 11.6 Å². The average molecular weight is 418 g/mol. The lowest BCUT2D eigenvalue weighted by atomic mass is 10.1. The zero-order valence-corrected chi connectivity index (χ0v) is 18.4. The van der Waals surface area contributed by atoms with Gasteiger partial charge in [0.25, 0.3) is 5.91 Å². The fourth-order valence-electron chi connectivity index (χ4n) is 3.93. The Hall–Kier alpha value is -2.08. The number of carbonyl (C=O) groups excluding carboxylic acids is 1. The summed E-state index contributed by atoms with van der Waals surface area (Å²) in [7, 11) is 3.61. The monoisotopic (exact) mass is 417 g/mol. The van der Waals surface area contributed by atoms with Crippen molar-refractivity contribution in [1.29, 1.82) is 0 Å². The van der Waals surface area contributed by atoms with Gasteiger partial charge in [0.2, 0.25) is 0 Å². The van der Waals surface area contributed by atoms with E-state index in [4.69, 9.17) is 16.3 Å². The maximum Gasteiger partial charge on any atom is 0.277 e. The van der Waals surface area contributed by atoms with Crippen LogP contribution in [0.1, 0.15) is 16.7 Å². The van der Waals surface area contributed by atoms with Crippen LogP contribution in [0.5, 0.6) is 5.75 Å². The highest BCUT2D eigenvalue weighted by atomic mass is 35.5. The number of nitrogens with zero attached hydrogens (tertiary/aromatic N) is 1. The van der Waals surface area contributed by atoms with E-state index in [0.717, 1.165) is 49.1 Å². The van der Waals surface area contributed by atoms with Crippen molar-refractivity contribution in [3.05, 3.63) is 64.2 Å². The molecule has 0 aromatic heterocycles. The van der Waals surface area contributed by atoms with Crippen molar-refractivity contribution < 1.29 is 19.3 Å². The van der Waals surface area contributed by atoms with E-state index in [2.05, 4.69) is 25.1 Å². The molecule has 1 heterocycles. The number of methoxy groups -OCH3 is 1. The highest BCUT2D eigenvalue weighted by Gasteiger charge is 2.26. The minimum absolute atomic E-state index is 0.193. The van der Waals surface area contributed by atoms with Crippen molar-refractivity contribution in [3.8, 4) is 5.75 Å². The summed E-state index contributed by atoms with van der Waals surface area (Å²) < 4.78 is 5.52. The number of carbonyl (C=O) groups is 1. The van der Waals surface area contributed by atoms with Crippen LogP contribution in [0.15, 0.2) is 42.5 Å². The average Bonchev–Trinajstić information content (AvgIpc) is 2.71. The highest BCUT2D eigenvalue weighted by molar-refractivity contribution is 6.30.